The number of amides is 2. The number of rotatable bonds is 6. The minimum atomic E-state index is -1.20. The highest BCUT2D eigenvalue weighted by Gasteiger charge is 2.37. The number of carbonyl (C=O) groups excluding carboxylic acids is 1. The van der Waals surface area contributed by atoms with E-state index in [0.717, 1.165) is 6.42 Å². The molecule has 0 aliphatic heterocycles. The van der Waals surface area contributed by atoms with Crippen LogP contribution in [0.2, 0.25) is 0 Å². The smallest absolute Gasteiger partial charge is 0.329 e. The molecule has 0 aromatic heterocycles. The van der Waals surface area contributed by atoms with Crippen molar-refractivity contribution in [2.45, 2.75) is 59.5 Å². The lowest BCUT2D eigenvalue weighted by atomic mass is 10.0. The number of urea groups is 1. The second kappa shape index (κ2) is 6.61. The molecule has 0 fully saturated rings. The summed E-state index contributed by atoms with van der Waals surface area (Å²) in [7, 11) is 0. The van der Waals surface area contributed by atoms with Crippen LogP contribution in [-0.4, -0.2) is 40.1 Å². The van der Waals surface area contributed by atoms with Gasteiger partial charge in [-0.15, -0.1) is 0 Å². The van der Waals surface area contributed by atoms with Crippen LogP contribution in [0.5, 0.6) is 0 Å². The van der Waals surface area contributed by atoms with E-state index in [2.05, 4.69) is 19.2 Å². The zero-order valence-corrected chi connectivity index (χ0v) is 12.3. The van der Waals surface area contributed by atoms with E-state index in [1.165, 1.54) is 18.7 Å². The molecule has 0 spiro atoms. The summed E-state index contributed by atoms with van der Waals surface area (Å²) in [5, 5.41) is 12.0. The fourth-order valence-corrected chi connectivity index (χ4v) is 1.96. The van der Waals surface area contributed by atoms with Gasteiger partial charge in [-0.05, 0) is 40.0 Å². The predicted octanol–water partition coefficient (Wildman–Crippen LogP) is 2.32. The Bertz CT molecular complexity index is 301. The largest absolute Gasteiger partial charge is 0.480 e. The number of carbonyl (C=O) groups is 2. The maximum Gasteiger partial charge on any atom is 0.329 e. The highest BCUT2D eigenvalue weighted by atomic mass is 16.4. The summed E-state index contributed by atoms with van der Waals surface area (Å²) >= 11 is 0. The van der Waals surface area contributed by atoms with E-state index in [4.69, 9.17) is 5.11 Å². The van der Waals surface area contributed by atoms with E-state index >= 15 is 0 Å². The van der Waals surface area contributed by atoms with Gasteiger partial charge in [0.2, 0.25) is 0 Å². The van der Waals surface area contributed by atoms with Crippen molar-refractivity contribution < 1.29 is 14.7 Å². The van der Waals surface area contributed by atoms with Gasteiger partial charge in [-0.1, -0.05) is 13.8 Å². The highest BCUT2D eigenvalue weighted by molar-refractivity contribution is 5.85. The van der Waals surface area contributed by atoms with Gasteiger partial charge < -0.3 is 15.3 Å². The Labute approximate surface area is 110 Å². The molecule has 0 rings (SSSR count). The minimum Gasteiger partial charge on any atom is -0.480 e. The zero-order chi connectivity index (χ0) is 14.5. The number of carboxylic acids is 1. The molecule has 1 atom stereocenters. The van der Waals surface area contributed by atoms with Crippen LogP contribution >= 0.6 is 0 Å². The molecule has 1 unspecified atom stereocenters. The van der Waals surface area contributed by atoms with Crippen molar-refractivity contribution in [3.05, 3.63) is 0 Å². The van der Waals surface area contributed by atoms with Crippen LogP contribution in [0.4, 0.5) is 4.79 Å². The van der Waals surface area contributed by atoms with Gasteiger partial charge in [-0.25, -0.2) is 9.59 Å². The third-order valence-corrected chi connectivity index (χ3v) is 2.95. The topological polar surface area (TPSA) is 69.6 Å². The van der Waals surface area contributed by atoms with E-state index in [1.54, 1.807) is 6.92 Å². The fourth-order valence-electron chi connectivity index (χ4n) is 1.96. The molecule has 2 N–H and O–H groups in total. The first-order valence-corrected chi connectivity index (χ1v) is 6.44. The molecule has 0 saturated carbocycles. The number of hydrogen-bond acceptors (Lipinski definition) is 2. The van der Waals surface area contributed by atoms with Crippen LogP contribution in [0.3, 0.4) is 0 Å². The molecular formula is C13H26N2O3. The third kappa shape index (κ3) is 4.55. The monoisotopic (exact) mass is 258 g/mol. The molecule has 0 aromatic carbocycles. The first-order chi connectivity index (χ1) is 8.12. The Hall–Kier alpha value is -1.26. The second-order valence-electron chi connectivity index (χ2n) is 5.59. The summed E-state index contributed by atoms with van der Waals surface area (Å²) in [6.45, 7) is 11.3. The lowest BCUT2D eigenvalue weighted by molar-refractivity contribution is -0.147. The molecule has 0 aliphatic carbocycles. The number of hydrogen-bond donors (Lipinski definition) is 2. The van der Waals surface area contributed by atoms with Gasteiger partial charge in [-0.2, -0.15) is 0 Å². The molecule has 0 aromatic rings. The first-order valence-electron chi connectivity index (χ1n) is 6.44. The fraction of sp³-hybridized carbons (Fsp3) is 0.846. The summed E-state index contributed by atoms with van der Waals surface area (Å²) in [4.78, 5) is 24.6. The van der Waals surface area contributed by atoms with Crippen LogP contribution in [0.15, 0.2) is 0 Å². The molecule has 5 nitrogen and oxygen atoms in total. The lowest BCUT2D eigenvalue weighted by Gasteiger charge is -2.35. The summed E-state index contributed by atoms with van der Waals surface area (Å²) in [6.07, 6.45) is 0.872. The molecule has 106 valence electrons. The van der Waals surface area contributed by atoms with Crippen LogP contribution in [0.1, 0.15) is 48.0 Å². The van der Waals surface area contributed by atoms with Gasteiger partial charge in [0.15, 0.2) is 0 Å². The average molecular weight is 258 g/mol. The SMILES string of the molecule is CCN(C(=O)NC(C)CC(C)C)C(C)(C)C(=O)O. The molecule has 0 aliphatic rings. The van der Waals surface area contributed by atoms with Crippen molar-refractivity contribution in [2.24, 2.45) is 5.92 Å². The molecule has 0 bridgehead atoms. The second-order valence-corrected chi connectivity index (χ2v) is 5.59. The third-order valence-electron chi connectivity index (χ3n) is 2.95. The number of nitrogens with one attached hydrogen (secondary N) is 1. The van der Waals surface area contributed by atoms with Crippen LogP contribution in [0.25, 0.3) is 0 Å². The number of aliphatic carboxylic acids is 1. The molecule has 0 saturated heterocycles. The summed E-state index contributed by atoms with van der Waals surface area (Å²) in [5.74, 6) is -0.515. The zero-order valence-electron chi connectivity index (χ0n) is 12.3. The Morgan fingerprint density at radius 3 is 2.11 bits per heavy atom. The number of nitrogens with zero attached hydrogens (tertiary/aromatic N) is 1. The summed E-state index contributed by atoms with van der Waals surface area (Å²) in [5.41, 5.74) is -1.20. The lowest BCUT2D eigenvalue weighted by Crippen LogP contribution is -2.57. The van der Waals surface area contributed by atoms with Gasteiger partial charge >= 0.3 is 12.0 Å². The van der Waals surface area contributed by atoms with Gasteiger partial charge in [0.25, 0.3) is 0 Å². The Kier molecular flexibility index (Phi) is 6.15. The quantitative estimate of drug-likeness (QED) is 0.768. The van der Waals surface area contributed by atoms with E-state index < -0.39 is 11.5 Å². The van der Waals surface area contributed by atoms with Crippen molar-refractivity contribution >= 4 is 12.0 Å². The van der Waals surface area contributed by atoms with Gasteiger partial charge in [0.05, 0.1) is 0 Å². The average Bonchev–Trinajstić information content (AvgIpc) is 2.15. The van der Waals surface area contributed by atoms with Crippen LogP contribution in [-0.2, 0) is 4.79 Å². The van der Waals surface area contributed by atoms with Gasteiger partial charge in [0.1, 0.15) is 5.54 Å². The molecule has 5 heteroatoms. The van der Waals surface area contributed by atoms with Crippen molar-refractivity contribution in [3.8, 4) is 0 Å². The maximum atomic E-state index is 12.1. The molecule has 18 heavy (non-hydrogen) atoms. The Morgan fingerprint density at radius 1 is 1.28 bits per heavy atom. The van der Waals surface area contributed by atoms with E-state index in [-0.39, 0.29) is 12.1 Å². The highest BCUT2D eigenvalue weighted by Crippen LogP contribution is 2.15. The van der Waals surface area contributed by atoms with Crippen molar-refractivity contribution in [1.82, 2.24) is 10.2 Å². The minimum absolute atomic E-state index is 0.0381. The molecule has 0 heterocycles. The number of likely N-dealkylation sites (N-methyl/N-ethyl adjacent to an activating group) is 1. The van der Waals surface area contributed by atoms with Crippen LogP contribution in [0, 0.1) is 5.92 Å². The van der Waals surface area contributed by atoms with Gasteiger partial charge in [-0.3, -0.25) is 0 Å². The normalized spacial score (nSPS) is 13.3. The molecule has 0 radical (unpaired) electrons. The maximum absolute atomic E-state index is 12.1. The number of carboxylic acid groups (broad SMARTS) is 1. The summed E-state index contributed by atoms with van der Waals surface area (Å²) in [6, 6.07) is -0.283. The van der Waals surface area contributed by atoms with Gasteiger partial charge in [0, 0.05) is 12.6 Å². The van der Waals surface area contributed by atoms with E-state index in [1.807, 2.05) is 6.92 Å². The van der Waals surface area contributed by atoms with Crippen molar-refractivity contribution in [3.63, 3.8) is 0 Å². The van der Waals surface area contributed by atoms with Crippen molar-refractivity contribution in [2.75, 3.05) is 6.54 Å². The first kappa shape index (κ1) is 16.7. The molecular weight excluding hydrogens is 232 g/mol. The van der Waals surface area contributed by atoms with Crippen molar-refractivity contribution in [1.29, 1.82) is 0 Å². The predicted molar refractivity (Wildman–Crippen MR) is 71.5 cm³/mol. The van der Waals surface area contributed by atoms with Crippen LogP contribution < -0.4 is 5.32 Å². The van der Waals surface area contributed by atoms with E-state index in [9.17, 15) is 9.59 Å². The standard InChI is InChI=1S/C13H26N2O3/c1-7-15(13(5,6)11(16)17)12(18)14-10(4)8-9(2)3/h9-10H,7-8H2,1-6H3,(H,14,18)(H,16,17). The Morgan fingerprint density at radius 2 is 1.78 bits per heavy atom. The van der Waals surface area contributed by atoms with E-state index in [0.29, 0.717) is 12.5 Å². The Balaban J connectivity index is 4.68. The molecule has 2 amide bonds. The summed E-state index contributed by atoms with van der Waals surface area (Å²) < 4.78 is 0.